The van der Waals surface area contributed by atoms with Crippen LogP contribution in [0, 0.1) is 5.92 Å². The lowest BCUT2D eigenvalue weighted by Gasteiger charge is -2.22. The van der Waals surface area contributed by atoms with Gasteiger partial charge in [-0.15, -0.1) is 0 Å². The molecule has 0 heterocycles. The first-order chi connectivity index (χ1) is 8.58. The Kier molecular flexibility index (Phi) is 6.16. The molecule has 1 rings (SSSR count). The summed E-state index contributed by atoms with van der Waals surface area (Å²) >= 11 is 5.83. The average Bonchev–Trinajstić information content (AvgIpc) is 2.37. The van der Waals surface area contributed by atoms with Crippen LogP contribution in [-0.4, -0.2) is 24.4 Å². The number of carbonyl (C=O) groups excluding carboxylic acids is 1. The van der Waals surface area contributed by atoms with Crippen molar-refractivity contribution in [3.05, 3.63) is 34.9 Å². The third kappa shape index (κ3) is 4.31. The van der Waals surface area contributed by atoms with Gasteiger partial charge in [0, 0.05) is 25.2 Å². The summed E-state index contributed by atoms with van der Waals surface area (Å²) in [5.74, 6) is 0.0570. The average molecular weight is 269 g/mol. The van der Waals surface area contributed by atoms with E-state index in [1.54, 1.807) is 4.90 Å². The van der Waals surface area contributed by atoms with E-state index in [0.717, 1.165) is 18.4 Å². The fraction of sp³-hybridized carbons (Fsp3) is 0.500. The minimum atomic E-state index is -0.0627. The molecule has 0 spiro atoms. The number of nitrogens with zero attached hydrogens (tertiary/aromatic N) is 1. The second kappa shape index (κ2) is 7.39. The summed E-state index contributed by atoms with van der Waals surface area (Å²) in [5.41, 5.74) is 6.72. The van der Waals surface area contributed by atoms with Crippen LogP contribution in [0.1, 0.15) is 25.3 Å². The molecule has 0 radical (unpaired) electrons. The van der Waals surface area contributed by atoms with Crippen molar-refractivity contribution in [2.24, 2.45) is 11.7 Å². The molecule has 0 aliphatic carbocycles. The van der Waals surface area contributed by atoms with Crippen LogP contribution in [-0.2, 0) is 11.3 Å². The van der Waals surface area contributed by atoms with Gasteiger partial charge in [0.25, 0.3) is 0 Å². The Bertz CT molecular complexity index is 378. The van der Waals surface area contributed by atoms with Crippen molar-refractivity contribution in [2.75, 3.05) is 13.6 Å². The quantitative estimate of drug-likeness (QED) is 0.862. The number of benzene rings is 1. The Hall–Kier alpha value is -1.06. The number of halogens is 1. The van der Waals surface area contributed by atoms with E-state index in [1.807, 2.05) is 31.3 Å². The van der Waals surface area contributed by atoms with Gasteiger partial charge in [0.1, 0.15) is 0 Å². The maximum atomic E-state index is 12.2. The van der Waals surface area contributed by atoms with Crippen molar-refractivity contribution in [1.82, 2.24) is 4.90 Å². The zero-order valence-electron chi connectivity index (χ0n) is 11.0. The molecule has 100 valence electrons. The molecule has 1 aromatic rings. The summed E-state index contributed by atoms with van der Waals surface area (Å²) in [5, 5.41) is 0.707. The molecule has 1 atom stereocenters. The highest BCUT2D eigenvalue weighted by Crippen LogP contribution is 2.13. The standard InChI is InChI=1S/C14H21ClN2O/c1-3-4-12(9-16)14(18)17(2)10-11-5-7-13(15)8-6-11/h5-8,12H,3-4,9-10,16H2,1-2H3. The van der Waals surface area contributed by atoms with E-state index in [9.17, 15) is 4.79 Å². The third-order valence-corrected chi connectivity index (χ3v) is 3.23. The Morgan fingerprint density at radius 1 is 1.39 bits per heavy atom. The SMILES string of the molecule is CCCC(CN)C(=O)N(C)Cc1ccc(Cl)cc1. The molecular formula is C14H21ClN2O. The molecule has 0 aromatic heterocycles. The Labute approximate surface area is 114 Å². The second-order valence-electron chi connectivity index (χ2n) is 4.54. The van der Waals surface area contributed by atoms with E-state index in [4.69, 9.17) is 17.3 Å². The van der Waals surface area contributed by atoms with Crippen LogP contribution >= 0.6 is 11.6 Å². The second-order valence-corrected chi connectivity index (χ2v) is 4.98. The summed E-state index contributed by atoms with van der Waals surface area (Å²) in [6, 6.07) is 7.54. The van der Waals surface area contributed by atoms with Gasteiger partial charge < -0.3 is 10.6 Å². The summed E-state index contributed by atoms with van der Waals surface area (Å²) in [7, 11) is 1.81. The summed E-state index contributed by atoms with van der Waals surface area (Å²) in [6.45, 7) is 3.07. The smallest absolute Gasteiger partial charge is 0.226 e. The van der Waals surface area contributed by atoms with E-state index in [2.05, 4.69) is 6.92 Å². The molecule has 1 amide bonds. The Morgan fingerprint density at radius 2 is 2.00 bits per heavy atom. The van der Waals surface area contributed by atoms with E-state index in [1.165, 1.54) is 0 Å². The first-order valence-corrected chi connectivity index (χ1v) is 6.65. The van der Waals surface area contributed by atoms with Crippen LogP contribution in [0.15, 0.2) is 24.3 Å². The van der Waals surface area contributed by atoms with Gasteiger partial charge >= 0.3 is 0 Å². The van der Waals surface area contributed by atoms with Crippen LogP contribution in [0.25, 0.3) is 0 Å². The molecule has 4 heteroatoms. The van der Waals surface area contributed by atoms with E-state index >= 15 is 0 Å². The van der Waals surface area contributed by atoms with Gasteiger partial charge in [-0.3, -0.25) is 4.79 Å². The maximum absolute atomic E-state index is 12.2. The zero-order chi connectivity index (χ0) is 13.5. The van der Waals surface area contributed by atoms with Gasteiger partial charge in [-0.05, 0) is 24.1 Å². The largest absolute Gasteiger partial charge is 0.341 e. The van der Waals surface area contributed by atoms with Crippen LogP contribution in [0.5, 0.6) is 0 Å². The molecule has 0 bridgehead atoms. The van der Waals surface area contributed by atoms with Crippen molar-refractivity contribution < 1.29 is 4.79 Å². The molecule has 18 heavy (non-hydrogen) atoms. The Balaban J connectivity index is 2.61. The lowest BCUT2D eigenvalue weighted by Crippen LogP contribution is -2.36. The highest BCUT2D eigenvalue weighted by atomic mass is 35.5. The lowest BCUT2D eigenvalue weighted by atomic mass is 10.0. The number of carbonyl (C=O) groups is 1. The summed E-state index contributed by atoms with van der Waals surface area (Å²) in [6.07, 6.45) is 1.82. The molecule has 1 unspecified atom stereocenters. The minimum absolute atomic E-state index is 0.0627. The summed E-state index contributed by atoms with van der Waals surface area (Å²) in [4.78, 5) is 13.9. The van der Waals surface area contributed by atoms with Gasteiger partial charge in [-0.1, -0.05) is 37.1 Å². The van der Waals surface area contributed by atoms with Gasteiger partial charge in [-0.25, -0.2) is 0 Å². The number of hydrogen-bond donors (Lipinski definition) is 1. The van der Waals surface area contributed by atoms with Crippen LogP contribution in [0.4, 0.5) is 0 Å². The first-order valence-electron chi connectivity index (χ1n) is 6.28. The van der Waals surface area contributed by atoms with Crippen molar-refractivity contribution >= 4 is 17.5 Å². The minimum Gasteiger partial charge on any atom is -0.341 e. The van der Waals surface area contributed by atoms with Crippen LogP contribution in [0.2, 0.25) is 5.02 Å². The van der Waals surface area contributed by atoms with Crippen molar-refractivity contribution in [3.63, 3.8) is 0 Å². The number of nitrogens with two attached hydrogens (primary N) is 1. The number of amides is 1. The molecule has 0 aliphatic heterocycles. The fourth-order valence-electron chi connectivity index (χ4n) is 1.94. The Morgan fingerprint density at radius 3 is 2.50 bits per heavy atom. The third-order valence-electron chi connectivity index (χ3n) is 2.98. The van der Waals surface area contributed by atoms with Crippen molar-refractivity contribution in [3.8, 4) is 0 Å². The number of hydrogen-bond acceptors (Lipinski definition) is 2. The molecule has 0 saturated heterocycles. The highest BCUT2D eigenvalue weighted by molar-refractivity contribution is 6.30. The maximum Gasteiger partial charge on any atom is 0.226 e. The molecule has 2 N–H and O–H groups in total. The molecule has 0 aliphatic rings. The summed E-state index contributed by atoms with van der Waals surface area (Å²) < 4.78 is 0. The zero-order valence-corrected chi connectivity index (χ0v) is 11.8. The first kappa shape index (κ1) is 15.0. The van der Waals surface area contributed by atoms with Gasteiger partial charge in [-0.2, -0.15) is 0 Å². The van der Waals surface area contributed by atoms with Gasteiger partial charge in [0.05, 0.1) is 5.92 Å². The predicted octanol–water partition coefficient (Wildman–Crippen LogP) is 2.67. The van der Waals surface area contributed by atoms with Crippen molar-refractivity contribution in [1.29, 1.82) is 0 Å². The number of rotatable bonds is 6. The molecular weight excluding hydrogens is 248 g/mol. The fourth-order valence-corrected chi connectivity index (χ4v) is 2.07. The monoisotopic (exact) mass is 268 g/mol. The van der Waals surface area contributed by atoms with Crippen LogP contribution in [0.3, 0.4) is 0 Å². The molecule has 0 fully saturated rings. The van der Waals surface area contributed by atoms with Crippen LogP contribution < -0.4 is 5.73 Å². The van der Waals surface area contributed by atoms with E-state index in [0.29, 0.717) is 18.1 Å². The molecule has 3 nitrogen and oxygen atoms in total. The topological polar surface area (TPSA) is 46.3 Å². The lowest BCUT2D eigenvalue weighted by molar-refractivity contribution is -0.134. The molecule has 0 saturated carbocycles. The van der Waals surface area contributed by atoms with E-state index in [-0.39, 0.29) is 11.8 Å². The van der Waals surface area contributed by atoms with E-state index < -0.39 is 0 Å². The highest BCUT2D eigenvalue weighted by Gasteiger charge is 2.19. The van der Waals surface area contributed by atoms with Crippen molar-refractivity contribution in [2.45, 2.75) is 26.3 Å². The predicted molar refractivity (Wildman–Crippen MR) is 75.4 cm³/mol. The normalized spacial score (nSPS) is 12.2. The van der Waals surface area contributed by atoms with Gasteiger partial charge in [0.15, 0.2) is 0 Å². The molecule has 1 aromatic carbocycles. The van der Waals surface area contributed by atoms with Gasteiger partial charge in [0.2, 0.25) is 5.91 Å².